The highest BCUT2D eigenvalue weighted by Gasteiger charge is 2.32. The van der Waals surface area contributed by atoms with Gasteiger partial charge in [-0.1, -0.05) is 29.8 Å². The summed E-state index contributed by atoms with van der Waals surface area (Å²) in [6, 6.07) is 7.96. The lowest BCUT2D eigenvalue weighted by Crippen LogP contribution is -2.27. The number of aromatic nitrogens is 5. The Balaban J connectivity index is 1.52. The molecule has 0 saturated heterocycles. The van der Waals surface area contributed by atoms with E-state index < -0.39 is 6.04 Å². The van der Waals surface area contributed by atoms with Crippen LogP contribution in [0.2, 0.25) is 0 Å². The summed E-state index contributed by atoms with van der Waals surface area (Å²) in [6.07, 6.45) is 4.30. The van der Waals surface area contributed by atoms with Crippen molar-refractivity contribution in [2.24, 2.45) is 4.99 Å². The van der Waals surface area contributed by atoms with Crippen LogP contribution in [0.5, 0.6) is 0 Å². The van der Waals surface area contributed by atoms with E-state index in [0.29, 0.717) is 18.8 Å². The lowest BCUT2D eigenvalue weighted by atomic mass is 9.99. The summed E-state index contributed by atoms with van der Waals surface area (Å²) < 4.78 is 2.08. The quantitative estimate of drug-likeness (QED) is 0.443. The second-order valence-electron chi connectivity index (χ2n) is 8.64. The number of nitrogens with one attached hydrogen (secondary N) is 2. The van der Waals surface area contributed by atoms with E-state index in [4.69, 9.17) is 4.99 Å². The standard InChI is InChI=1S/C25H27N7OS/c1-14-5-7-18(8-6-14)23-22-15(2)16(3)34-25(22)32-17(4)30-31-24(32)20(29-23)11-21(33)27-10-9-19-12-26-13-28-19/h5-8,12-13,20H,9-11H2,1-4H3,(H,26,28)(H,27,33)/t20-/m0/s1. The summed E-state index contributed by atoms with van der Waals surface area (Å²) in [5.74, 6) is 1.43. The van der Waals surface area contributed by atoms with Gasteiger partial charge in [0.05, 0.1) is 18.5 Å². The first kappa shape index (κ1) is 22.2. The van der Waals surface area contributed by atoms with Gasteiger partial charge in [0, 0.05) is 40.9 Å². The molecule has 34 heavy (non-hydrogen) atoms. The zero-order valence-electron chi connectivity index (χ0n) is 19.7. The minimum Gasteiger partial charge on any atom is -0.356 e. The number of imidazole rings is 1. The van der Waals surface area contributed by atoms with Crippen LogP contribution in [0.25, 0.3) is 5.00 Å². The molecule has 174 valence electrons. The first-order chi connectivity index (χ1) is 16.4. The predicted molar refractivity (Wildman–Crippen MR) is 133 cm³/mol. The summed E-state index contributed by atoms with van der Waals surface area (Å²) in [5.41, 5.74) is 6.41. The number of hydrogen-bond donors (Lipinski definition) is 2. The molecule has 3 aromatic heterocycles. The number of hydrogen-bond acceptors (Lipinski definition) is 6. The lowest BCUT2D eigenvalue weighted by molar-refractivity contribution is -0.121. The Bertz CT molecular complexity index is 1360. The van der Waals surface area contributed by atoms with E-state index in [0.717, 1.165) is 33.4 Å². The zero-order chi connectivity index (χ0) is 23.8. The van der Waals surface area contributed by atoms with Crippen LogP contribution in [-0.2, 0) is 11.2 Å². The van der Waals surface area contributed by atoms with Gasteiger partial charge >= 0.3 is 0 Å². The third-order valence-electron chi connectivity index (χ3n) is 6.21. The Hall–Kier alpha value is -3.59. The maximum atomic E-state index is 12.9. The molecular weight excluding hydrogens is 446 g/mol. The number of amides is 1. The van der Waals surface area contributed by atoms with Gasteiger partial charge in [-0.15, -0.1) is 21.5 Å². The van der Waals surface area contributed by atoms with Crippen molar-refractivity contribution in [3.05, 3.63) is 81.3 Å². The highest BCUT2D eigenvalue weighted by molar-refractivity contribution is 7.15. The Kier molecular flexibility index (Phi) is 5.87. The number of thiophene rings is 1. The molecule has 5 rings (SSSR count). The Morgan fingerprint density at radius 1 is 1.15 bits per heavy atom. The maximum absolute atomic E-state index is 12.9. The number of benzene rings is 1. The highest BCUT2D eigenvalue weighted by atomic mass is 32.1. The van der Waals surface area contributed by atoms with Crippen LogP contribution < -0.4 is 5.32 Å². The molecule has 0 spiro atoms. The Morgan fingerprint density at radius 2 is 1.94 bits per heavy atom. The highest BCUT2D eigenvalue weighted by Crippen LogP contribution is 2.39. The van der Waals surface area contributed by atoms with E-state index in [2.05, 4.69) is 75.1 Å². The van der Waals surface area contributed by atoms with Crippen molar-refractivity contribution in [3.63, 3.8) is 0 Å². The van der Waals surface area contributed by atoms with E-state index in [1.807, 2.05) is 6.92 Å². The lowest BCUT2D eigenvalue weighted by Gasteiger charge is -2.13. The van der Waals surface area contributed by atoms with Gasteiger partial charge in [-0.2, -0.15) is 0 Å². The molecule has 9 heteroatoms. The number of aromatic amines is 1. The molecule has 4 aromatic rings. The maximum Gasteiger partial charge on any atom is 0.222 e. The zero-order valence-corrected chi connectivity index (χ0v) is 20.5. The van der Waals surface area contributed by atoms with Crippen LogP contribution in [-0.4, -0.2) is 42.9 Å². The van der Waals surface area contributed by atoms with E-state index in [1.54, 1.807) is 23.9 Å². The molecule has 0 unspecified atom stereocenters. The number of nitrogens with zero attached hydrogens (tertiary/aromatic N) is 5. The van der Waals surface area contributed by atoms with Gasteiger partial charge in [0.25, 0.3) is 0 Å². The Labute approximate surface area is 202 Å². The summed E-state index contributed by atoms with van der Waals surface area (Å²) in [5, 5.41) is 12.9. The molecule has 4 heterocycles. The molecule has 1 amide bonds. The van der Waals surface area contributed by atoms with Crippen molar-refractivity contribution in [1.82, 2.24) is 30.0 Å². The second kappa shape index (κ2) is 8.98. The van der Waals surface area contributed by atoms with Crippen LogP contribution in [0.4, 0.5) is 0 Å². The molecule has 0 fully saturated rings. The summed E-state index contributed by atoms with van der Waals surface area (Å²) in [4.78, 5) is 26.4. The smallest absolute Gasteiger partial charge is 0.222 e. The van der Waals surface area contributed by atoms with Gasteiger partial charge < -0.3 is 10.3 Å². The first-order valence-corrected chi connectivity index (χ1v) is 12.2. The SMILES string of the molecule is Cc1ccc(C2=N[C@@H](CC(=O)NCCc3cnc[nH]3)c3nnc(C)n3-c3sc(C)c(C)c32)cc1. The van der Waals surface area contributed by atoms with Crippen molar-refractivity contribution >= 4 is 23.0 Å². The van der Waals surface area contributed by atoms with Crippen molar-refractivity contribution in [2.75, 3.05) is 6.54 Å². The molecule has 0 aliphatic carbocycles. The van der Waals surface area contributed by atoms with E-state index in [-0.39, 0.29) is 12.3 Å². The van der Waals surface area contributed by atoms with Gasteiger partial charge in [0.2, 0.25) is 5.91 Å². The molecule has 1 atom stereocenters. The predicted octanol–water partition coefficient (Wildman–Crippen LogP) is 3.93. The largest absolute Gasteiger partial charge is 0.356 e. The average Bonchev–Trinajstić information content (AvgIpc) is 3.51. The molecular formula is C25H27N7OS. The van der Waals surface area contributed by atoms with Crippen molar-refractivity contribution in [2.45, 2.75) is 46.6 Å². The van der Waals surface area contributed by atoms with Gasteiger partial charge in [-0.3, -0.25) is 14.4 Å². The molecule has 8 nitrogen and oxygen atoms in total. The average molecular weight is 474 g/mol. The number of fused-ring (bicyclic) bond motifs is 3. The molecule has 0 radical (unpaired) electrons. The molecule has 1 aromatic carbocycles. The number of carbonyl (C=O) groups is 1. The van der Waals surface area contributed by atoms with E-state index >= 15 is 0 Å². The number of aliphatic imine (C=N–C) groups is 1. The number of aryl methyl sites for hydroxylation is 3. The fourth-order valence-electron chi connectivity index (χ4n) is 4.24. The third-order valence-corrected chi connectivity index (χ3v) is 7.41. The number of carbonyl (C=O) groups excluding carboxylic acids is 1. The van der Waals surface area contributed by atoms with Crippen molar-refractivity contribution in [1.29, 1.82) is 0 Å². The topological polar surface area (TPSA) is 101 Å². The van der Waals surface area contributed by atoms with Crippen LogP contribution in [0.15, 0.2) is 41.8 Å². The molecule has 0 saturated carbocycles. The van der Waals surface area contributed by atoms with Crippen molar-refractivity contribution < 1.29 is 4.79 Å². The number of rotatable bonds is 6. The fraction of sp³-hybridized carbons (Fsp3) is 0.320. The van der Waals surface area contributed by atoms with Gasteiger partial charge in [-0.05, 0) is 33.3 Å². The normalized spacial score (nSPS) is 14.8. The summed E-state index contributed by atoms with van der Waals surface area (Å²) in [6.45, 7) is 8.81. The molecule has 0 bridgehead atoms. The van der Waals surface area contributed by atoms with Crippen LogP contribution in [0.3, 0.4) is 0 Å². The molecule has 1 aliphatic heterocycles. The van der Waals surface area contributed by atoms with Crippen molar-refractivity contribution in [3.8, 4) is 5.00 Å². The molecule has 1 aliphatic rings. The fourth-order valence-corrected chi connectivity index (χ4v) is 5.46. The molecule has 2 N–H and O–H groups in total. The van der Waals surface area contributed by atoms with Gasteiger partial charge in [0.1, 0.15) is 16.9 Å². The first-order valence-electron chi connectivity index (χ1n) is 11.3. The van der Waals surface area contributed by atoms with Crippen LogP contribution in [0.1, 0.15) is 56.9 Å². The second-order valence-corrected chi connectivity index (χ2v) is 9.85. The van der Waals surface area contributed by atoms with E-state index in [1.165, 1.54) is 16.0 Å². The van der Waals surface area contributed by atoms with Gasteiger partial charge in [-0.25, -0.2) is 4.98 Å². The third kappa shape index (κ3) is 4.07. The number of H-pyrrole nitrogens is 1. The summed E-state index contributed by atoms with van der Waals surface area (Å²) >= 11 is 1.72. The van der Waals surface area contributed by atoms with Crippen LogP contribution in [0, 0.1) is 27.7 Å². The van der Waals surface area contributed by atoms with Gasteiger partial charge in [0.15, 0.2) is 5.82 Å². The van der Waals surface area contributed by atoms with E-state index in [9.17, 15) is 4.79 Å². The minimum atomic E-state index is -0.441. The monoisotopic (exact) mass is 473 g/mol. The Morgan fingerprint density at radius 3 is 2.68 bits per heavy atom. The minimum absolute atomic E-state index is 0.0677. The van der Waals surface area contributed by atoms with Crippen LogP contribution >= 0.6 is 11.3 Å². The summed E-state index contributed by atoms with van der Waals surface area (Å²) in [7, 11) is 0.